The van der Waals surface area contributed by atoms with Crippen LogP contribution in [-0.4, -0.2) is 17.9 Å². The number of hydrogen-bond acceptors (Lipinski definition) is 4. The average Bonchev–Trinajstić information content (AvgIpc) is 3.49. The molecule has 6 heteroatoms. The van der Waals surface area contributed by atoms with E-state index in [-0.39, 0.29) is 24.3 Å². The van der Waals surface area contributed by atoms with Gasteiger partial charge in [-0.1, -0.05) is 25.0 Å². The highest BCUT2D eigenvalue weighted by Gasteiger charge is 2.36. The summed E-state index contributed by atoms with van der Waals surface area (Å²) in [6.07, 6.45) is 4.42. The minimum atomic E-state index is -0.863. The van der Waals surface area contributed by atoms with Crippen molar-refractivity contribution in [1.82, 2.24) is 5.32 Å². The quantitative estimate of drug-likeness (QED) is 0.506. The monoisotopic (exact) mass is 450 g/mol. The van der Waals surface area contributed by atoms with Gasteiger partial charge in [0.25, 0.3) is 5.91 Å². The van der Waals surface area contributed by atoms with Crippen molar-refractivity contribution in [2.75, 3.05) is 4.90 Å². The van der Waals surface area contributed by atoms with Gasteiger partial charge in [-0.2, -0.15) is 0 Å². The van der Waals surface area contributed by atoms with Crippen molar-refractivity contribution in [3.63, 3.8) is 0 Å². The molecule has 0 saturated heterocycles. The Hall–Kier alpha value is -2.86. The number of carbonyl (C=O) groups excluding carboxylic acids is 2. The zero-order chi connectivity index (χ0) is 22.7. The van der Waals surface area contributed by atoms with Crippen LogP contribution in [0, 0.1) is 20.8 Å². The van der Waals surface area contributed by atoms with Crippen LogP contribution in [0.5, 0.6) is 0 Å². The number of hydrogen-bond donors (Lipinski definition) is 1. The third kappa shape index (κ3) is 5.13. The van der Waals surface area contributed by atoms with Crippen LogP contribution in [-0.2, 0) is 16.0 Å². The lowest BCUT2D eigenvalue weighted by molar-refractivity contribution is -0.127. The molecular formula is C26H30N2O3S. The highest BCUT2D eigenvalue weighted by atomic mass is 32.1. The van der Waals surface area contributed by atoms with E-state index in [1.165, 1.54) is 0 Å². The van der Waals surface area contributed by atoms with Gasteiger partial charge in [-0.25, -0.2) is 0 Å². The highest BCUT2D eigenvalue weighted by Crippen LogP contribution is 2.32. The van der Waals surface area contributed by atoms with Gasteiger partial charge in [0.05, 0.1) is 6.42 Å². The number of aryl methyl sites for hydroxylation is 3. The zero-order valence-corrected chi connectivity index (χ0v) is 19.7. The van der Waals surface area contributed by atoms with Crippen LogP contribution in [0.1, 0.15) is 59.2 Å². The first-order valence-corrected chi connectivity index (χ1v) is 12.1. The number of carbonyl (C=O) groups is 2. The lowest BCUT2D eigenvalue weighted by atomic mass is 10.1. The first-order chi connectivity index (χ1) is 15.4. The smallest absolute Gasteiger partial charge is 0.251 e. The molecule has 0 spiro atoms. The van der Waals surface area contributed by atoms with Crippen molar-refractivity contribution in [2.45, 2.75) is 65.0 Å². The lowest BCUT2D eigenvalue weighted by Gasteiger charge is -2.31. The molecule has 1 atom stereocenters. The summed E-state index contributed by atoms with van der Waals surface area (Å²) in [7, 11) is 0. The topological polar surface area (TPSA) is 62.6 Å². The van der Waals surface area contributed by atoms with Crippen LogP contribution < -0.4 is 10.2 Å². The van der Waals surface area contributed by atoms with Crippen molar-refractivity contribution in [2.24, 2.45) is 0 Å². The number of anilines is 1. The van der Waals surface area contributed by atoms with Gasteiger partial charge in [-0.05, 0) is 80.5 Å². The minimum absolute atomic E-state index is 0.127. The van der Waals surface area contributed by atoms with E-state index in [4.69, 9.17) is 4.42 Å². The van der Waals surface area contributed by atoms with Crippen LogP contribution in [0.2, 0.25) is 0 Å². The number of amides is 2. The predicted octanol–water partition coefficient (Wildman–Crippen LogP) is 5.64. The van der Waals surface area contributed by atoms with Crippen LogP contribution in [0.4, 0.5) is 5.69 Å². The molecule has 168 valence electrons. The standard InChI is InChI=1S/C26H30N2O3S/c1-17-13-18(2)15-21(14-17)28(24(29)16-22-9-6-12-32-22)25(23-11-10-19(3)31-23)26(30)27-20-7-4-5-8-20/h6,9-15,20,25H,4-5,7-8,16H2,1-3H3,(H,27,30)/t25-/m0/s1. The number of rotatable bonds is 7. The van der Waals surface area contributed by atoms with Gasteiger partial charge < -0.3 is 9.73 Å². The van der Waals surface area contributed by atoms with Gasteiger partial charge >= 0.3 is 0 Å². The number of thiophene rings is 1. The molecule has 2 heterocycles. The summed E-state index contributed by atoms with van der Waals surface area (Å²) in [5, 5.41) is 5.15. The predicted molar refractivity (Wildman–Crippen MR) is 128 cm³/mol. The first-order valence-electron chi connectivity index (χ1n) is 11.2. The second-order valence-corrected chi connectivity index (χ2v) is 9.74. The van der Waals surface area contributed by atoms with Crippen molar-refractivity contribution in [1.29, 1.82) is 0 Å². The van der Waals surface area contributed by atoms with E-state index >= 15 is 0 Å². The molecule has 1 saturated carbocycles. The zero-order valence-electron chi connectivity index (χ0n) is 18.9. The molecule has 1 aromatic carbocycles. The Morgan fingerprint density at radius 3 is 2.41 bits per heavy atom. The summed E-state index contributed by atoms with van der Waals surface area (Å²) < 4.78 is 5.93. The van der Waals surface area contributed by atoms with Crippen molar-refractivity contribution in [3.8, 4) is 0 Å². The maximum atomic E-state index is 13.7. The highest BCUT2D eigenvalue weighted by molar-refractivity contribution is 7.10. The second kappa shape index (κ2) is 9.74. The van der Waals surface area contributed by atoms with Crippen molar-refractivity contribution >= 4 is 28.8 Å². The van der Waals surface area contributed by atoms with Gasteiger partial charge in [0.2, 0.25) is 5.91 Å². The normalized spacial score (nSPS) is 15.0. The fraction of sp³-hybridized carbons (Fsp3) is 0.385. The molecule has 1 aliphatic rings. The Labute approximate surface area is 193 Å². The van der Waals surface area contributed by atoms with E-state index in [0.29, 0.717) is 17.2 Å². The van der Waals surface area contributed by atoms with Crippen LogP contribution in [0.25, 0.3) is 0 Å². The minimum Gasteiger partial charge on any atom is -0.464 e. The Morgan fingerprint density at radius 2 is 1.81 bits per heavy atom. The van der Waals surface area contributed by atoms with Crippen LogP contribution in [0.3, 0.4) is 0 Å². The SMILES string of the molecule is Cc1cc(C)cc(N(C(=O)Cc2cccs2)[C@H](C(=O)NC2CCCC2)c2ccc(C)o2)c1. The second-order valence-electron chi connectivity index (χ2n) is 8.71. The molecule has 2 aromatic heterocycles. The summed E-state index contributed by atoms with van der Waals surface area (Å²) in [5.74, 6) is 0.879. The number of benzene rings is 1. The van der Waals surface area contributed by atoms with Gasteiger partial charge in [0.1, 0.15) is 11.5 Å². The summed E-state index contributed by atoms with van der Waals surface area (Å²) in [5.41, 5.74) is 2.80. The molecule has 0 aliphatic heterocycles. The molecule has 1 fully saturated rings. The summed E-state index contributed by atoms with van der Waals surface area (Å²) in [6.45, 7) is 5.86. The summed E-state index contributed by atoms with van der Waals surface area (Å²) in [4.78, 5) is 29.9. The fourth-order valence-electron chi connectivity index (χ4n) is 4.50. The van der Waals surface area contributed by atoms with E-state index in [0.717, 1.165) is 41.7 Å². The molecule has 0 unspecified atom stereocenters. The molecule has 32 heavy (non-hydrogen) atoms. The van der Waals surface area contributed by atoms with Gasteiger partial charge in [0.15, 0.2) is 6.04 Å². The average molecular weight is 451 g/mol. The van der Waals surface area contributed by atoms with Crippen LogP contribution >= 0.6 is 11.3 Å². The summed E-state index contributed by atoms with van der Waals surface area (Å²) >= 11 is 1.54. The molecule has 1 N–H and O–H groups in total. The number of furan rings is 1. The van der Waals surface area contributed by atoms with Gasteiger partial charge in [-0.15, -0.1) is 11.3 Å². The molecule has 2 amide bonds. The Balaban J connectivity index is 1.77. The van der Waals surface area contributed by atoms with E-state index in [1.807, 2.05) is 62.5 Å². The Kier molecular flexibility index (Phi) is 6.80. The number of nitrogens with one attached hydrogen (secondary N) is 1. The third-order valence-corrected chi connectivity index (χ3v) is 6.77. The van der Waals surface area contributed by atoms with Gasteiger partial charge in [0, 0.05) is 16.6 Å². The van der Waals surface area contributed by atoms with E-state index in [9.17, 15) is 9.59 Å². The Bertz CT molecular complexity index is 1060. The largest absolute Gasteiger partial charge is 0.464 e. The summed E-state index contributed by atoms with van der Waals surface area (Å²) in [6, 6.07) is 12.8. The fourth-order valence-corrected chi connectivity index (χ4v) is 5.19. The molecule has 0 radical (unpaired) electrons. The van der Waals surface area contributed by atoms with E-state index in [2.05, 4.69) is 11.4 Å². The lowest BCUT2D eigenvalue weighted by Crippen LogP contribution is -2.46. The molecule has 5 nitrogen and oxygen atoms in total. The molecule has 1 aliphatic carbocycles. The van der Waals surface area contributed by atoms with E-state index < -0.39 is 6.04 Å². The third-order valence-electron chi connectivity index (χ3n) is 5.90. The van der Waals surface area contributed by atoms with Crippen LogP contribution in [0.15, 0.2) is 52.3 Å². The van der Waals surface area contributed by atoms with Crippen molar-refractivity contribution < 1.29 is 14.0 Å². The molecular weight excluding hydrogens is 420 g/mol. The van der Waals surface area contributed by atoms with Gasteiger partial charge in [-0.3, -0.25) is 14.5 Å². The molecule has 0 bridgehead atoms. The molecule has 4 rings (SSSR count). The Morgan fingerprint density at radius 1 is 1.09 bits per heavy atom. The maximum Gasteiger partial charge on any atom is 0.251 e. The first kappa shape index (κ1) is 22.3. The van der Waals surface area contributed by atoms with E-state index in [1.54, 1.807) is 16.2 Å². The number of nitrogens with zero attached hydrogens (tertiary/aromatic N) is 1. The molecule has 3 aromatic rings. The maximum absolute atomic E-state index is 13.7. The van der Waals surface area contributed by atoms with Crippen molar-refractivity contribution in [3.05, 3.63) is 75.4 Å².